The minimum Gasteiger partial charge on any atom is -0.347 e. The van der Waals surface area contributed by atoms with Gasteiger partial charge in [-0.1, -0.05) is 6.07 Å². The number of hydrogen-bond donors (Lipinski definition) is 1. The molecule has 4 rings (SSSR count). The molecule has 1 aliphatic heterocycles. The van der Waals surface area contributed by atoms with Gasteiger partial charge in [0.25, 0.3) is 5.91 Å². The molecule has 0 saturated heterocycles. The topological polar surface area (TPSA) is 90.5 Å². The number of halogens is 1. The molecule has 1 aliphatic rings. The Morgan fingerprint density at radius 1 is 1.35 bits per heavy atom. The summed E-state index contributed by atoms with van der Waals surface area (Å²) in [4.78, 5) is 21.8. The van der Waals surface area contributed by atoms with Crippen LogP contribution in [0.15, 0.2) is 29.1 Å². The normalized spacial score (nSPS) is 16.3. The van der Waals surface area contributed by atoms with Gasteiger partial charge in [-0.05, 0) is 41.4 Å². The molecule has 4 heterocycles. The van der Waals surface area contributed by atoms with Gasteiger partial charge in [0.15, 0.2) is 0 Å². The summed E-state index contributed by atoms with van der Waals surface area (Å²) >= 11 is 3.30. The highest BCUT2D eigenvalue weighted by Gasteiger charge is 2.26. The number of aromatic nitrogens is 6. The van der Waals surface area contributed by atoms with E-state index in [1.165, 1.54) is 0 Å². The number of aryl methyl sites for hydroxylation is 3. The van der Waals surface area contributed by atoms with E-state index < -0.39 is 0 Å². The Hall–Kier alpha value is -2.55. The molecule has 0 radical (unpaired) electrons. The van der Waals surface area contributed by atoms with Crippen molar-refractivity contribution in [3.05, 3.63) is 46.3 Å². The SMILES string of the molecule is Cc1cccc(-c2cnn(C)c2C(=O)NC2CCn3nc(Br)nc3C2)n1. The third kappa shape index (κ3) is 3.14. The lowest BCUT2D eigenvalue weighted by atomic mass is 10.1. The minimum atomic E-state index is -0.152. The van der Waals surface area contributed by atoms with Gasteiger partial charge in [0.05, 0.1) is 17.5 Å². The van der Waals surface area contributed by atoms with E-state index in [2.05, 4.69) is 41.4 Å². The monoisotopic (exact) mass is 415 g/mol. The Kier molecular flexibility index (Phi) is 4.31. The Balaban J connectivity index is 1.57. The fraction of sp³-hybridized carbons (Fsp3) is 0.353. The van der Waals surface area contributed by atoms with Crippen LogP contribution in [0.3, 0.4) is 0 Å². The van der Waals surface area contributed by atoms with Gasteiger partial charge in [0.2, 0.25) is 4.73 Å². The van der Waals surface area contributed by atoms with Crippen molar-refractivity contribution in [2.45, 2.75) is 32.4 Å². The molecule has 1 unspecified atom stereocenters. The molecule has 0 spiro atoms. The molecule has 26 heavy (non-hydrogen) atoms. The molecule has 1 N–H and O–H groups in total. The number of hydrogen-bond acceptors (Lipinski definition) is 5. The molecule has 0 bridgehead atoms. The quantitative estimate of drug-likeness (QED) is 0.704. The van der Waals surface area contributed by atoms with Crippen LogP contribution in [0.2, 0.25) is 0 Å². The Bertz CT molecular complexity index is 977. The van der Waals surface area contributed by atoms with Crippen molar-refractivity contribution < 1.29 is 4.79 Å². The highest BCUT2D eigenvalue weighted by molar-refractivity contribution is 9.10. The van der Waals surface area contributed by atoms with Crippen LogP contribution in [0, 0.1) is 6.92 Å². The van der Waals surface area contributed by atoms with E-state index in [0.717, 1.165) is 35.7 Å². The van der Waals surface area contributed by atoms with Gasteiger partial charge in [-0.2, -0.15) is 5.10 Å². The summed E-state index contributed by atoms with van der Waals surface area (Å²) in [5, 5.41) is 11.7. The van der Waals surface area contributed by atoms with Gasteiger partial charge >= 0.3 is 0 Å². The van der Waals surface area contributed by atoms with Crippen LogP contribution >= 0.6 is 15.9 Å². The van der Waals surface area contributed by atoms with Crippen LogP contribution < -0.4 is 5.32 Å². The average molecular weight is 416 g/mol. The van der Waals surface area contributed by atoms with Gasteiger partial charge in [-0.15, -0.1) is 5.10 Å². The first-order chi connectivity index (χ1) is 12.5. The third-order valence-corrected chi connectivity index (χ3v) is 4.83. The number of nitrogens with zero attached hydrogens (tertiary/aromatic N) is 6. The van der Waals surface area contributed by atoms with E-state index in [1.54, 1.807) is 17.9 Å². The molecule has 134 valence electrons. The lowest BCUT2D eigenvalue weighted by Gasteiger charge is -2.23. The number of carbonyl (C=O) groups excluding carboxylic acids is 1. The Morgan fingerprint density at radius 3 is 3.00 bits per heavy atom. The highest BCUT2D eigenvalue weighted by atomic mass is 79.9. The molecule has 0 aromatic carbocycles. The summed E-state index contributed by atoms with van der Waals surface area (Å²) in [6, 6.07) is 5.76. The molecule has 3 aromatic heterocycles. The number of pyridine rings is 1. The van der Waals surface area contributed by atoms with Crippen molar-refractivity contribution >= 4 is 21.8 Å². The molecule has 1 atom stereocenters. The van der Waals surface area contributed by atoms with E-state index in [0.29, 0.717) is 16.8 Å². The number of carbonyl (C=O) groups is 1. The van der Waals surface area contributed by atoms with E-state index in [4.69, 9.17) is 0 Å². The maximum atomic E-state index is 12.9. The number of nitrogens with one attached hydrogen (secondary N) is 1. The van der Waals surface area contributed by atoms with Crippen molar-refractivity contribution in [1.82, 2.24) is 34.8 Å². The second-order valence-electron chi connectivity index (χ2n) is 6.38. The molecule has 9 heteroatoms. The van der Waals surface area contributed by atoms with Crippen molar-refractivity contribution in [3.63, 3.8) is 0 Å². The largest absolute Gasteiger partial charge is 0.347 e. The first-order valence-electron chi connectivity index (χ1n) is 8.37. The zero-order valence-corrected chi connectivity index (χ0v) is 16.1. The number of amides is 1. The van der Waals surface area contributed by atoms with Gasteiger partial charge in [0, 0.05) is 31.7 Å². The highest BCUT2D eigenvalue weighted by Crippen LogP contribution is 2.22. The van der Waals surface area contributed by atoms with Gasteiger partial charge < -0.3 is 5.32 Å². The van der Waals surface area contributed by atoms with E-state index >= 15 is 0 Å². The lowest BCUT2D eigenvalue weighted by molar-refractivity contribution is 0.0921. The first kappa shape index (κ1) is 16.9. The number of rotatable bonds is 3. The zero-order valence-electron chi connectivity index (χ0n) is 14.5. The summed E-state index contributed by atoms with van der Waals surface area (Å²) in [6.45, 7) is 2.66. The molecule has 0 saturated carbocycles. The molecule has 0 fully saturated rings. The van der Waals surface area contributed by atoms with Crippen LogP contribution in [0.5, 0.6) is 0 Å². The van der Waals surface area contributed by atoms with E-state index in [9.17, 15) is 4.79 Å². The average Bonchev–Trinajstić information content (AvgIpc) is 3.16. The van der Waals surface area contributed by atoms with Crippen molar-refractivity contribution in [3.8, 4) is 11.3 Å². The summed E-state index contributed by atoms with van der Waals surface area (Å²) in [7, 11) is 1.77. The minimum absolute atomic E-state index is 0.0133. The maximum absolute atomic E-state index is 12.9. The molecule has 8 nitrogen and oxygen atoms in total. The molecular formula is C17H18BrN7O. The van der Waals surface area contributed by atoms with E-state index in [-0.39, 0.29) is 11.9 Å². The predicted octanol–water partition coefficient (Wildman–Crippen LogP) is 1.89. The number of fused-ring (bicyclic) bond motifs is 1. The van der Waals surface area contributed by atoms with Crippen LogP contribution in [-0.4, -0.2) is 41.5 Å². The van der Waals surface area contributed by atoms with Crippen LogP contribution in [-0.2, 0) is 20.0 Å². The predicted molar refractivity (Wildman–Crippen MR) is 98.5 cm³/mol. The summed E-state index contributed by atoms with van der Waals surface area (Å²) in [5.41, 5.74) is 2.89. The lowest BCUT2D eigenvalue weighted by Crippen LogP contribution is -2.41. The Morgan fingerprint density at radius 2 is 2.19 bits per heavy atom. The van der Waals surface area contributed by atoms with E-state index in [1.807, 2.05) is 29.8 Å². The second-order valence-corrected chi connectivity index (χ2v) is 7.09. The first-order valence-corrected chi connectivity index (χ1v) is 9.16. The fourth-order valence-electron chi connectivity index (χ4n) is 3.24. The Labute approximate surface area is 158 Å². The summed E-state index contributed by atoms with van der Waals surface area (Å²) in [6.07, 6.45) is 3.15. The van der Waals surface area contributed by atoms with Gasteiger partial charge in [0.1, 0.15) is 11.5 Å². The summed E-state index contributed by atoms with van der Waals surface area (Å²) < 4.78 is 4.05. The smallest absolute Gasteiger partial charge is 0.270 e. The van der Waals surface area contributed by atoms with Crippen LogP contribution in [0.4, 0.5) is 0 Å². The summed E-state index contributed by atoms with van der Waals surface area (Å²) in [5.74, 6) is 0.722. The third-order valence-electron chi connectivity index (χ3n) is 4.49. The zero-order chi connectivity index (χ0) is 18.3. The van der Waals surface area contributed by atoms with Crippen molar-refractivity contribution in [2.24, 2.45) is 7.05 Å². The molecule has 1 amide bonds. The fourth-order valence-corrected chi connectivity index (χ4v) is 3.63. The van der Waals surface area contributed by atoms with Crippen molar-refractivity contribution in [1.29, 1.82) is 0 Å². The van der Waals surface area contributed by atoms with Crippen LogP contribution in [0.25, 0.3) is 11.3 Å². The molecular weight excluding hydrogens is 398 g/mol. The maximum Gasteiger partial charge on any atom is 0.270 e. The standard InChI is InChI=1S/C17H18BrN7O/c1-10-4-3-5-13(20-10)12-9-19-24(2)15(12)16(26)21-11-6-7-25-14(8-11)22-17(18)23-25/h3-5,9,11H,6-8H2,1-2H3,(H,21,26). The van der Waals surface area contributed by atoms with Crippen molar-refractivity contribution in [2.75, 3.05) is 0 Å². The van der Waals surface area contributed by atoms with Gasteiger partial charge in [-0.3, -0.25) is 14.5 Å². The molecule has 0 aliphatic carbocycles. The van der Waals surface area contributed by atoms with Gasteiger partial charge in [-0.25, -0.2) is 9.67 Å². The second kappa shape index (κ2) is 6.64. The molecule has 3 aromatic rings. The van der Waals surface area contributed by atoms with Crippen LogP contribution in [0.1, 0.15) is 28.4 Å².